The summed E-state index contributed by atoms with van der Waals surface area (Å²) in [4.78, 5) is 0. The molecule has 1 spiro atoms. The van der Waals surface area contributed by atoms with E-state index in [0.717, 1.165) is 24.5 Å². The van der Waals surface area contributed by atoms with Gasteiger partial charge < -0.3 is 10.6 Å². The molecule has 2 nitrogen and oxygen atoms in total. The van der Waals surface area contributed by atoms with Crippen LogP contribution < -0.4 is 10.6 Å². The molecule has 1 saturated carbocycles. The van der Waals surface area contributed by atoms with E-state index in [1.165, 1.54) is 38.5 Å². The highest BCUT2D eigenvalue weighted by Gasteiger charge is 2.32. The molecule has 0 unspecified atom stereocenters. The summed E-state index contributed by atoms with van der Waals surface area (Å²) in [6, 6.07) is 3.86. The summed E-state index contributed by atoms with van der Waals surface area (Å²) in [6.45, 7) is 2.07. The van der Waals surface area contributed by atoms with Gasteiger partial charge in [-0.05, 0) is 25.0 Å². The SMILES string of the molecule is Clc1cc2c(cc1Cl)NCC1(CCCCCC1)CN2. The van der Waals surface area contributed by atoms with Gasteiger partial charge in [-0.1, -0.05) is 48.9 Å². The van der Waals surface area contributed by atoms with Crippen molar-refractivity contribution in [3.8, 4) is 0 Å². The number of rotatable bonds is 0. The van der Waals surface area contributed by atoms with Gasteiger partial charge in [-0.3, -0.25) is 0 Å². The van der Waals surface area contributed by atoms with Crippen molar-refractivity contribution in [1.29, 1.82) is 0 Å². The summed E-state index contributed by atoms with van der Waals surface area (Å²) in [5.74, 6) is 0. The first-order chi connectivity index (χ1) is 9.19. The Morgan fingerprint density at radius 3 is 1.74 bits per heavy atom. The van der Waals surface area contributed by atoms with E-state index in [4.69, 9.17) is 23.2 Å². The standard InChI is InChI=1S/C15H20Cl2N2/c16-11-7-13-14(8-12(11)17)19-10-15(9-18-13)5-3-1-2-4-6-15/h7-8,18-19H,1-6,9-10H2. The molecule has 0 bridgehead atoms. The molecule has 1 aromatic carbocycles. The Balaban J connectivity index is 1.83. The van der Waals surface area contributed by atoms with Crippen LogP contribution in [-0.4, -0.2) is 13.1 Å². The lowest BCUT2D eigenvalue weighted by Crippen LogP contribution is -2.34. The van der Waals surface area contributed by atoms with Gasteiger partial charge in [0.15, 0.2) is 0 Å². The van der Waals surface area contributed by atoms with Gasteiger partial charge in [0.25, 0.3) is 0 Å². The van der Waals surface area contributed by atoms with Crippen LogP contribution in [0, 0.1) is 5.41 Å². The molecule has 2 N–H and O–H groups in total. The molecular formula is C15H20Cl2N2. The van der Waals surface area contributed by atoms with Crippen LogP contribution in [0.3, 0.4) is 0 Å². The maximum absolute atomic E-state index is 6.10. The average molecular weight is 299 g/mol. The second-order valence-electron chi connectivity index (χ2n) is 5.93. The third kappa shape index (κ3) is 2.80. The molecule has 19 heavy (non-hydrogen) atoms. The van der Waals surface area contributed by atoms with Crippen LogP contribution in [0.25, 0.3) is 0 Å². The summed E-state index contributed by atoms with van der Waals surface area (Å²) >= 11 is 12.2. The quantitative estimate of drug-likeness (QED) is 0.690. The van der Waals surface area contributed by atoms with Crippen molar-refractivity contribution in [1.82, 2.24) is 0 Å². The molecule has 1 heterocycles. The average Bonchev–Trinajstić information content (AvgIpc) is 2.72. The summed E-state index contributed by atoms with van der Waals surface area (Å²) < 4.78 is 0. The van der Waals surface area contributed by atoms with E-state index in [9.17, 15) is 0 Å². The van der Waals surface area contributed by atoms with Gasteiger partial charge in [-0.2, -0.15) is 0 Å². The number of hydrogen-bond donors (Lipinski definition) is 2. The van der Waals surface area contributed by atoms with Crippen LogP contribution in [0.5, 0.6) is 0 Å². The van der Waals surface area contributed by atoms with Crippen molar-refractivity contribution in [2.75, 3.05) is 23.7 Å². The number of benzene rings is 1. The van der Waals surface area contributed by atoms with Crippen molar-refractivity contribution in [2.45, 2.75) is 38.5 Å². The number of fused-ring (bicyclic) bond motifs is 1. The van der Waals surface area contributed by atoms with E-state index in [2.05, 4.69) is 10.6 Å². The Bertz CT molecular complexity index is 430. The molecule has 0 saturated heterocycles. The minimum absolute atomic E-state index is 0.383. The van der Waals surface area contributed by atoms with Crippen LogP contribution in [0.1, 0.15) is 38.5 Å². The second-order valence-corrected chi connectivity index (χ2v) is 6.75. The summed E-state index contributed by atoms with van der Waals surface area (Å²) in [5.41, 5.74) is 2.54. The molecule has 0 aromatic heterocycles. The molecule has 0 amide bonds. The first-order valence-corrected chi connectivity index (χ1v) is 7.91. The van der Waals surface area contributed by atoms with Gasteiger partial charge in [0.1, 0.15) is 0 Å². The fourth-order valence-electron chi connectivity index (χ4n) is 3.30. The van der Waals surface area contributed by atoms with E-state index in [-0.39, 0.29) is 0 Å². The molecule has 1 aliphatic heterocycles. The third-order valence-electron chi connectivity index (χ3n) is 4.53. The van der Waals surface area contributed by atoms with Gasteiger partial charge in [0, 0.05) is 18.5 Å². The Hall–Kier alpha value is -0.600. The highest BCUT2D eigenvalue weighted by atomic mass is 35.5. The van der Waals surface area contributed by atoms with Gasteiger partial charge >= 0.3 is 0 Å². The van der Waals surface area contributed by atoms with E-state index in [1.807, 2.05) is 12.1 Å². The van der Waals surface area contributed by atoms with Gasteiger partial charge in [-0.25, -0.2) is 0 Å². The molecule has 1 aliphatic carbocycles. The molecule has 4 heteroatoms. The van der Waals surface area contributed by atoms with Crippen molar-refractivity contribution < 1.29 is 0 Å². The molecular weight excluding hydrogens is 279 g/mol. The largest absolute Gasteiger partial charge is 0.383 e. The summed E-state index contributed by atoms with van der Waals surface area (Å²) in [7, 11) is 0. The summed E-state index contributed by atoms with van der Waals surface area (Å²) in [6.07, 6.45) is 8.08. The van der Waals surface area contributed by atoms with E-state index >= 15 is 0 Å². The van der Waals surface area contributed by atoms with Gasteiger partial charge in [0.2, 0.25) is 0 Å². The minimum Gasteiger partial charge on any atom is -0.383 e. The minimum atomic E-state index is 0.383. The smallest absolute Gasteiger partial charge is 0.0614 e. The van der Waals surface area contributed by atoms with E-state index in [1.54, 1.807) is 0 Å². The molecule has 1 aromatic rings. The number of anilines is 2. The number of halogens is 2. The van der Waals surface area contributed by atoms with E-state index < -0.39 is 0 Å². The zero-order chi connectivity index (χ0) is 13.3. The second kappa shape index (κ2) is 5.41. The third-order valence-corrected chi connectivity index (χ3v) is 5.25. The topological polar surface area (TPSA) is 24.1 Å². The monoisotopic (exact) mass is 298 g/mol. The van der Waals surface area contributed by atoms with Crippen molar-refractivity contribution in [3.05, 3.63) is 22.2 Å². The molecule has 1 fully saturated rings. The lowest BCUT2D eigenvalue weighted by molar-refractivity contribution is 0.286. The predicted octanol–water partition coefficient (Wildman–Crippen LogP) is 5.17. The normalized spacial score (nSPS) is 21.8. The first-order valence-electron chi connectivity index (χ1n) is 7.15. The van der Waals surface area contributed by atoms with Crippen molar-refractivity contribution in [3.63, 3.8) is 0 Å². The predicted molar refractivity (Wildman–Crippen MR) is 83.6 cm³/mol. The van der Waals surface area contributed by atoms with Crippen molar-refractivity contribution in [2.24, 2.45) is 5.41 Å². The Labute approximate surface area is 124 Å². The number of nitrogens with one attached hydrogen (secondary N) is 2. The van der Waals surface area contributed by atoms with Gasteiger partial charge in [0.05, 0.1) is 21.4 Å². The van der Waals surface area contributed by atoms with Crippen LogP contribution in [-0.2, 0) is 0 Å². The summed E-state index contributed by atoms with van der Waals surface area (Å²) in [5, 5.41) is 8.39. The van der Waals surface area contributed by atoms with E-state index in [0.29, 0.717) is 15.5 Å². The number of hydrogen-bond acceptors (Lipinski definition) is 2. The molecule has 0 atom stereocenters. The molecule has 0 radical (unpaired) electrons. The Morgan fingerprint density at radius 2 is 1.26 bits per heavy atom. The highest BCUT2D eigenvalue weighted by Crippen LogP contribution is 2.40. The maximum Gasteiger partial charge on any atom is 0.0614 e. The lowest BCUT2D eigenvalue weighted by atomic mass is 9.80. The maximum atomic E-state index is 6.10. The highest BCUT2D eigenvalue weighted by molar-refractivity contribution is 6.42. The zero-order valence-corrected chi connectivity index (χ0v) is 12.6. The van der Waals surface area contributed by atoms with Gasteiger partial charge in [-0.15, -0.1) is 0 Å². The fourth-order valence-corrected chi connectivity index (χ4v) is 3.63. The molecule has 104 valence electrons. The Morgan fingerprint density at radius 1 is 0.789 bits per heavy atom. The van der Waals surface area contributed by atoms with Crippen LogP contribution >= 0.6 is 23.2 Å². The lowest BCUT2D eigenvalue weighted by Gasteiger charge is -2.31. The molecule has 3 rings (SSSR count). The first kappa shape index (κ1) is 13.4. The van der Waals surface area contributed by atoms with Crippen molar-refractivity contribution >= 4 is 34.6 Å². The zero-order valence-electron chi connectivity index (χ0n) is 11.1. The molecule has 2 aliphatic rings. The van der Waals surface area contributed by atoms with Crippen LogP contribution in [0.15, 0.2) is 12.1 Å². The van der Waals surface area contributed by atoms with Crippen LogP contribution in [0.4, 0.5) is 11.4 Å². The fraction of sp³-hybridized carbons (Fsp3) is 0.600. The Kier molecular flexibility index (Phi) is 3.81. The van der Waals surface area contributed by atoms with Crippen LogP contribution in [0.2, 0.25) is 10.0 Å².